The molecule has 0 bridgehead atoms. The third-order valence-electron chi connectivity index (χ3n) is 1.92. The molecular weight excluding hydrogens is 120 g/mol. The second kappa shape index (κ2) is 1.40. The van der Waals surface area contributed by atoms with E-state index in [4.69, 9.17) is 0 Å². The molecule has 0 unspecified atom stereocenters. The second-order valence-corrected chi connectivity index (χ2v) is 2.61. The van der Waals surface area contributed by atoms with E-state index in [2.05, 4.69) is 19.7 Å². The van der Waals surface area contributed by atoms with Gasteiger partial charge in [0, 0.05) is 0 Å². The van der Waals surface area contributed by atoms with Crippen LogP contribution < -0.4 is 10.4 Å². The molecule has 0 aliphatic heterocycles. The molecule has 1 aliphatic rings. The summed E-state index contributed by atoms with van der Waals surface area (Å²) in [6, 6.07) is 3.97. The van der Waals surface area contributed by atoms with Gasteiger partial charge in [-0.05, 0) is 27.1 Å². The van der Waals surface area contributed by atoms with Crippen LogP contribution in [0.1, 0.15) is 11.1 Å². The molecule has 1 aromatic carbocycles. The summed E-state index contributed by atoms with van der Waals surface area (Å²) in [6.07, 6.45) is 0. The van der Waals surface area contributed by atoms with Crippen molar-refractivity contribution in [3.8, 4) is 0 Å². The molecule has 10 heavy (non-hydrogen) atoms. The summed E-state index contributed by atoms with van der Waals surface area (Å²) >= 11 is 0. The van der Waals surface area contributed by atoms with E-state index in [0.717, 1.165) is 16.0 Å². The van der Waals surface area contributed by atoms with E-state index in [-0.39, 0.29) is 0 Å². The summed E-state index contributed by atoms with van der Waals surface area (Å²) in [7, 11) is 0. The van der Waals surface area contributed by atoms with Gasteiger partial charge in [0.2, 0.25) is 0 Å². The second-order valence-electron chi connectivity index (χ2n) is 2.61. The fraction of sp³-hybridized carbons (Fsp3) is 0. The van der Waals surface area contributed by atoms with Gasteiger partial charge in [-0.15, -0.1) is 0 Å². The maximum absolute atomic E-state index is 3.88. The van der Waals surface area contributed by atoms with E-state index in [1.807, 2.05) is 12.1 Å². The molecule has 0 heterocycles. The Labute approximate surface area is 59.8 Å². The first-order chi connectivity index (χ1) is 4.72. The maximum atomic E-state index is 3.88. The van der Waals surface area contributed by atoms with Crippen LogP contribution in [0.3, 0.4) is 0 Å². The minimum Gasteiger partial charge on any atom is -0.0911 e. The first-order valence-electron chi connectivity index (χ1n) is 3.22. The molecule has 0 spiro atoms. The van der Waals surface area contributed by atoms with Crippen molar-refractivity contribution < 1.29 is 0 Å². The lowest BCUT2D eigenvalue weighted by Gasteiger charge is -1.77. The molecule has 1 aliphatic carbocycles. The van der Waals surface area contributed by atoms with Gasteiger partial charge in [-0.2, -0.15) is 0 Å². The predicted molar refractivity (Wildman–Crippen MR) is 44.9 cm³/mol. The molecule has 0 fully saturated rings. The van der Waals surface area contributed by atoms with Gasteiger partial charge in [0.1, 0.15) is 0 Å². The lowest BCUT2D eigenvalue weighted by molar-refractivity contribution is 1.61. The summed E-state index contributed by atoms with van der Waals surface area (Å²) in [5.74, 6) is 0. The zero-order valence-corrected chi connectivity index (χ0v) is 5.78. The highest BCUT2D eigenvalue weighted by molar-refractivity contribution is 5.99. The van der Waals surface area contributed by atoms with Crippen LogP contribution in [0.15, 0.2) is 18.7 Å². The van der Waals surface area contributed by atoms with Crippen LogP contribution in [0, 0.1) is 0 Å². The Morgan fingerprint density at radius 2 is 1.20 bits per heavy atom. The highest BCUT2D eigenvalue weighted by Crippen LogP contribution is 2.33. The number of hydrogen-bond acceptors (Lipinski definition) is 0. The SMILES string of the molecule is C=C1c2c1c(=C)ccc2=C. The minimum absolute atomic E-state index is 1.08. The van der Waals surface area contributed by atoms with E-state index in [1.54, 1.807) is 0 Å². The molecule has 48 valence electrons. The Morgan fingerprint density at radius 3 is 1.60 bits per heavy atom. The van der Waals surface area contributed by atoms with Crippen molar-refractivity contribution in [3.05, 3.63) is 40.3 Å². The number of rotatable bonds is 0. The van der Waals surface area contributed by atoms with E-state index in [1.165, 1.54) is 11.1 Å². The van der Waals surface area contributed by atoms with Crippen molar-refractivity contribution in [2.24, 2.45) is 0 Å². The van der Waals surface area contributed by atoms with Crippen LogP contribution in [0.2, 0.25) is 0 Å². The van der Waals surface area contributed by atoms with Crippen LogP contribution >= 0.6 is 0 Å². The highest BCUT2D eigenvalue weighted by atomic mass is 14.3. The van der Waals surface area contributed by atoms with Crippen molar-refractivity contribution in [2.75, 3.05) is 0 Å². The zero-order chi connectivity index (χ0) is 7.30. The summed E-state index contributed by atoms with van der Waals surface area (Å²) in [5, 5.41) is 2.15. The van der Waals surface area contributed by atoms with Crippen LogP contribution in [-0.2, 0) is 0 Å². The van der Waals surface area contributed by atoms with Gasteiger partial charge in [0.15, 0.2) is 0 Å². The van der Waals surface area contributed by atoms with Crippen LogP contribution in [0.4, 0.5) is 0 Å². The summed E-state index contributed by atoms with van der Waals surface area (Å²) in [4.78, 5) is 0. The molecule has 0 amide bonds. The van der Waals surface area contributed by atoms with Gasteiger partial charge < -0.3 is 0 Å². The third-order valence-corrected chi connectivity index (χ3v) is 1.92. The molecule has 0 atom stereocenters. The Bertz CT molecular complexity index is 371. The molecule has 0 heteroatoms. The molecular formula is C10H8. The molecule has 2 rings (SSSR count). The molecule has 0 nitrogen and oxygen atoms in total. The Hall–Kier alpha value is -1.30. The van der Waals surface area contributed by atoms with Crippen molar-refractivity contribution in [3.63, 3.8) is 0 Å². The number of benzene rings is 1. The summed E-state index contributed by atoms with van der Waals surface area (Å²) in [5.41, 5.74) is 3.58. The van der Waals surface area contributed by atoms with Gasteiger partial charge in [0.05, 0.1) is 0 Å². The molecule has 0 radical (unpaired) electrons. The quantitative estimate of drug-likeness (QED) is 0.494. The normalized spacial score (nSPS) is 13.0. The number of fused-ring (bicyclic) bond motifs is 1. The first-order valence-corrected chi connectivity index (χ1v) is 3.22. The van der Waals surface area contributed by atoms with Gasteiger partial charge in [0.25, 0.3) is 0 Å². The molecule has 0 saturated heterocycles. The fourth-order valence-corrected chi connectivity index (χ4v) is 1.30. The van der Waals surface area contributed by atoms with E-state index < -0.39 is 0 Å². The average molecular weight is 128 g/mol. The summed E-state index contributed by atoms with van der Waals surface area (Å²) < 4.78 is 0. The Balaban J connectivity index is 3.00. The smallest absolute Gasteiger partial charge is 0.00325 e. The van der Waals surface area contributed by atoms with Gasteiger partial charge in [-0.25, -0.2) is 0 Å². The van der Waals surface area contributed by atoms with Crippen LogP contribution in [-0.4, -0.2) is 0 Å². The minimum atomic E-state index is 1.08. The Kier molecular flexibility index (Phi) is 0.769. The monoisotopic (exact) mass is 128 g/mol. The predicted octanol–water partition coefficient (Wildman–Crippen LogP) is 0.882. The van der Waals surface area contributed by atoms with Crippen molar-refractivity contribution >= 4 is 18.7 Å². The third kappa shape index (κ3) is 0.462. The van der Waals surface area contributed by atoms with Crippen LogP contribution in [0.5, 0.6) is 0 Å². The average Bonchev–Trinajstić information content (AvgIpc) is 2.55. The van der Waals surface area contributed by atoms with Gasteiger partial charge in [-0.1, -0.05) is 31.9 Å². The van der Waals surface area contributed by atoms with Crippen LogP contribution in [0.25, 0.3) is 18.7 Å². The lowest BCUT2D eigenvalue weighted by atomic mass is 10.3. The van der Waals surface area contributed by atoms with Gasteiger partial charge >= 0.3 is 0 Å². The van der Waals surface area contributed by atoms with Crippen molar-refractivity contribution in [1.29, 1.82) is 0 Å². The lowest BCUT2D eigenvalue weighted by Crippen LogP contribution is -2.02. The fourth-order valence-electron chi connectivity index (χ4n) is 1.30. The maximum Gasteiger partial charge on any atom is -0.00325 e. The van der Waals surface area contributed by atoms with E-state index >= 15 is 0 Å². The highest BCUT2D eigenvalue weighted by Gasteiger charge is 2.23. The van der Waals surface area contributed by atoms with E-state index in [0.29, 0.717) is 0 Å². The Morgan fingerprint density at radius 1 is 0.800 bits per heavy atom. The van der Waals surface area contributed by atoms with Gasteiger partial charge in [-0.3, -0.25) is 0 Å². The molecule has 0 N–H and O–H groups in total. The molecule has 0 aromatic heterocycles. The van der Waals surface area contributed by atoms with Crippen molar-refractivity contribution in [2.45, 2.75) is 0 Å². The summed E-state index contributed by atoms with van der Waals surface area (Å²) in [6.45, 7) is 11.6. The molecule has 0 saturated carbocycles. The molecule has 1 aromatic rings. The zero-order valence-electron chi connectivity index (χ0n) is 5.78. The standard InChI is InChI=1S/C10H8/c1-6-4-5-7(2)10-8(3)9(6)10/h4-5H,1-3H2. The largest absolute Gasteiger partial charge is 0.0911 e. The first kappa shape index (κ1) is 5.48. The van der Waals surface area contributed by atoms with E-state index in [9.17, 15) is 0 Å². The van der Waals surface area contributed by atoms with Crippen molar-refractivity contribution in [1.82, 2.24) is 0 Å². The topological polar surface area (TPSA) is 0 Å². The number of hydrogen-bond donors (Lipinski definition) is 0.